The third-order valence-electron chi connectivity index (χ3n) is 5.72. The summed E-state index contributed by atoms with van der Waals surface area (Å²) in [4.78, 5) is 13.9. The predicted molar refractivity (Wildman–Crippen MR) is 108 cm³/mol. The molecule has 28 heavy (non-hydrogen) atoms. The minimum absolute atomic E-state index is 0.363. The number of piperidine rings is 1. The van der Waals surface area contributed by atoms with Gasteiger partial charge in [-0.3, -0.25) is 0 Å². The Bertz CT molecular complexity index is 999. The van der Waals surface area contributed by atoms with Crippen molar-refractivity contribution in [1.82, 2.24) is 29.8 Å². The van der Waals surface area contributed by atoms with Crippen molar-refractivity contribution in [2.24, 2.45) is 0 Å². The molecule has 8 nitrogen and oxygen atoms in total. The molecule has 0 spiro atoms. The normalized spacial score (nSPS) is 18.0. The van der Waals surface area contributed by atoms with Gasteiger partial charge in [0.15, 0.2) is 11.5 Å². The number of hydrogen-bond donors (Lipinski definition) is 0. The van der Waals surface area contributed by atoms with E-state index in [1.807, 2.05) is 35.6 Å². The number of nitrogens with zero attached hydrogens (tertiary/aromatic N) is 8. The summed E-state index contributed by atoms with van der Waals surface area (Å²) in [6, 6.07) is 6.08. The van der Waals surface area contributed by atoms with Crippen LogP contribution < -0.4 is 9.80 Å². The highest BCUT2D eigenvalue weighted by atomic mass is 15.4. The maximum atomic E-state index is 4.85. The first-order valence-corrected chi connectivity index (χ1v) is 10.1. The molecule has 1 saturated carbocycles. The second kappa shape index (κ2) is 6.68. The van der Waals surface area contributed by atoms with Crippen molar-refractivity contribution in [3.8, 4) is 0 Å². The smallest absolute Gasteiger partial charge is 0.178 e. The maximum Gasteiger partial charge on any atom is 0.178 e. The van der Waals surface area contributed by atoms with Gasteiger partial charge in [0.05, 0.1) is 0 Å². The topological polar surface area (TPSA) is 75.3 Å². The van der Waals surface area contributed by atoms with Gasteiger partial charge in [-0.25, -0.2) is 9.97 Å². The molecule has 0 amide bonds. The zero-order valence-corrected chi connectivity index (χ0v) is 16.7. The molecular weight excluding hydrogens is 352 g/mol. The van der Waals surface area contributed by atoms with Gasteiger partial charge in [-0.1, -0.05) is 0 Å². The van der Waals surface area contributed by atoms with E-state index in [9.17, 15) is 0 Å². The first-order chi connectivity index (χ1) is 13.6. The van der Waals surface area contributed by atoms with E-state index in [4.69, 9.17) is 10.1 Å². The van der Waals surface area contributed by atoms with Crippen molar-refractivity contribution in [3.05, 3.63) is 35.5 Å². The molecule has 0 aromatic carbocycles. The Morgan fingerprint density at radius 1 is 0.964 bits per heavy atom. The number of aromatic nitrogens is 6. The highest BCUT2D eigenvalue weighted by Gasteiger charge is 2.29. The van der Waals surface area contributed by atoms with Crippen LogP contribution in [-0.4, -0.2) is 57.0 Å². The fourth-order valence-corrected chi connectivity index (χ4v) is 3.92. The van der Waals surface area contributed by atoms with E-state index in [1.165, 1.54) is 12.8 Å². The number of fused-ring (bicyclic) bond motifs is 1. The van der Waals surface area contributed by atoms with Crippen LogP contribution in [0.5, 0.6) is 0 Å². The van der Waals surface area contributed by atoms with Gasteiger partial charge in [0.25, 0.3) is 0 Å². The van der Waals surface area contributed by atoms with Crippen LogP contribution in [0.4, 0.5) is 11.6 Å². The zero-order chi connectivity index (χ0) is 19.3. The van der Waals surface area contributed by atoms with Gasteiger partial charge in [0, 0.05) is 50.8 Å². The van der Waals surface area contributed by atoms with Gasteiger partial charge in [0.1, 0.15) is 17.5 Å². The molecule has 0 bridgehead atoms. The Kier molecular flexibility index (Phi) is 4.14. The largest absolute Gasteiger partial charge is 0.361 e. The maximum absolute atomic E-state index is 4.85. The van der Waals surface area contributed by atoms with E-state index in [0.717, 1.165) is 60.6 Å². The second-order valence-corrected chi connectivity index (χ2v) is 8.18. The summed E-state index contributed by atoms with van der Waals surface area (Å²) >= 11 is 0. The number of anilines is 2. The Hall–Kier alpha value is -2.77. The van der Waals surface area contributed by atoms with Crippen LogP contribution in [0.25, 0.3) is 5.65 Å². The molecule has 2 aliphatic rings. The van der Waals surface area contributed by atoms with Gasteiger partial charge in [-0.15, -0.1) is 15.3 Å². The quantitative estimate of drug-likeness (QED) is 0.690. The minimum Gasteiger partial charge on any atom is -0.361 e. The molecule has 0 N–H and O–H groups in total. The van der Waals surface area contributed by atoms with Crippen LogP contribution in [0.15, 0.2) is 18.2 Å². The second-order valence-electron chi connectivity index (χ2n) is 8.18. The van der Waals surface area contributed by atoms with Crippen LogP contribution in [-0.2, 0) is 0 Å². The van der Waals surface area contributed by atoms with Crippen LogP contribution in [0.3, 0.4) is 0 Å². The molecule has 1 saturated heterocycles. The molecule has 5 rings (SSSR count). The van der Waals surface area contributed by atoms with Crippen molar-refractivity contribution < 1.29 is 0 Å². The first kappa shape index (κ1) is 17.3. The summed E-state index contributed by atoms with van der Waals surface area (Å²) in [5.41, 5.74) is 1.88. The SMILES string of the molecule is Cc1cc(N2CCC(c3nnc4ccc(N(C)C)nn34)CC2)nc(C2CC2)n1. The van der Waals surface area contributed by atoms with Gasteiger partial charge in [-0.05, 0) is 44.7 Å². The highest BCUT2D eigenvalue weighted by Crippen LogP contribution is 2.39. The fraction of sp³-hybridized carbons (Fsp3) is 0.550. The van der Waals surface area contributed by atoms with Crippen molar-refractivity contribution in [2.75, 3.05) is 37.0 Å². The number of hydrogen-bond acceptors (Lipinski definition) is 7. The van der Waals surface area contributed by atoms with Crippen LogP contribution >= 0.6 is 0 Å². The van der Waals surface area contributed by atoms with Crippen molar-refractivity contribution in [1.29, 1.82) is 0 Å². The lowest BCUT2D eigenvalue weighted by Gasteiger charge is -2.32. The molecule has 0 unspecified atom stereocenters. The van der Waals surface area contributed by atoms with Gasteiger partial charge < -0.3 is 9.80 Å². The zero-order valence-electron chi connectivity index (χ0n) is 16.7. The molecule has 0 radical (unpaired) electrons. The molecule has 1 aliphatic carbocycles. The molecule has 8 heteroatoms. The summed E-state index contributed by atoms with van der Waals surface area (Å²) in [5, 5.41) is 13.5. The van der Waals surface area contributed by atoms with E-state index in [1.54, 1.807) is 0 Å². The molecule has 3 aromatic rings. The van der Waals surface area contributed by atoms with Crippen LogP contribution in [0.2, 0.25) is 0 Å². The third kappa shape index (κ3) is 3.16. The summed E-state index contributed by atoms with van der Waals surface area (Å²) in [5.74, 6) is 4.93. The minimum atomic E-state index is 0.363. The van der Waals surface area contributed by atoms with Crippen LogP contribution in [0, 0.1) is 6.92 Å². The monoisotopic (exact) mass is 378 g/mol. The van der Waals surface area contributed by atoms with E-state index in [0.29, 0.717) is 11.8 Å². The summed E-state index contributed by atoms with van der Waals surface area (Å²) in [6.07, 6.45) is 4.51. The predicted octanol–water partition coefficient (Wildman–Crippen LogP) is 2.55. The van der Waals surface area contributed by atoms with E-state index in [-0.39, 0.29) is 0 Å². The Balaban J connectivity index is 1.35. The molecule has 2 fully saturated rings. The van der Waals surface area contributed by atoms with Crippen molar-refractivity contribution in [3.63, 3.8) is 0 Å². The van der Waals surface area contributed by atoms with Crippen molar-refractivity contribution >= 4 is 17.3 Å². The standard InChI is InChI=1S/C20H26N8/c1-13-12-18(22-19(21-13)14-4-5-14)27-10-8-15(9-11-27)20-24-23-16-6-7-17(26(2)3)25-28(16)20/h6-7,12,14-15H,4-5,8-11H2,1-3H3. The third-order valence-corrected chi connectivity index (χ3v) is 5.72. The summed E-state index contributed by atoms with van der Waals surface area (Å²) in [6.45, 7) is 4.00. The first-order valence-electron chi connectivity index (χ1n) is 10.1. The average molecular weight is 378 g/mol. The molecule has 0 atom stereocenters. The van der Waals surface area contributed by atoms with Crippen LogP contribution in [0.1, 0.15) is 54.9 Å². The lowest BCUT2D eigenvalue weighted by molar-refractivity contribution is 0.474. The van der Waals surface area contributed by atoms with Crippen molar-refractivity contribution in [2.45, 2.75) is 44.4 Å². The number of rotatable bonds is 4. The fourth-order valence-electron chi connectivity index (χ4n) is 3.92. The molecule has 146 valence electrons. The molecule has 1 aliphatic heterocycles. The molecule has 3 aromatic heterocycles. The summed E-state index contributed by atoms with van der Waals surface area (Å²) < 4.78 is 1.91. The van der Waals surface area contributed by atoms with Gasteiger partial charge in [-0.2, -0.15) is 4.52 Å². The highest BCUT2D eigenvalue weighted by molar-refractivity contribution is 5.45. The Morgan fingerprint density at radius 3 is 2.46 bits per heavy atom. The Morgan fingerprint density at radius 2 is 1.75 bits per heavy atom. The van der Waals surface area contributed by atoms with Gasteiger partial charge >= 0.3 is 0 Å². The summed E-state index contributed by atoms with van der Waals surface area (Å²) in [7, 11) is 3.99. The van der Waals surface area contributed by atoms with E-state index in [2.05, 4.69) is 33.1 Å². The number of aryl methyl sites for hydroxylation is 1. The lowest BCUT2D eigenvalue weighted by Crippen LogP contribution is -2.34. The molecule has 4 heterocycles. The average Bonchev–Trinajstić information content (AvgIpc) is 3.47. The molecular formula is C20H26N8. The van der Waals surface area contributed by atoms with Gasteiger partial charge in [0.2, 0.25) is 0 Å². The van der Waals surface area contributed by atoms with E-state index >= 15 is 0 Å². The Labute approximate surface area is 164 Å². The lowest BCUT2D eigenvalue weighted by atomic mass is 9.96. The van der Waals surface area contributed by atoms with E-state index < -0.39 is 0 Å².